The summed E-state index contributed by atoms with van der Waals surface area (Å²) in [5.41, 5.74) is 3.60. The topological polar surface area (TPSA) is 24.5 Å². The molecule has 24 heavy (non-hydrogen) atoms. The Morgan fingerprint density at radius 3 is 2.25 bits per heavy atom. The Labute approximate surface area is 150 Å². The number of hydrogen-bond acceptors (Lipinski definition) is 2. The normalized spacial score (nSPS) is 10.3. The Kier molecular flexibility index (Phi) is 7.07. The standard InChI is InChI=1S/C20H26N2OS/c1-4-5-6-16-7-11-18(12-8-16)21-20(24)22(2)15-17-9-13-19(23-3)14-10-17/h7-14H,4-6,15H2,1-3H3,(H,21,24). The van der Waals surface area contributed by atoms with Gasteiger partial charge in [0, 0.05) is 19.3 Å². The Morgan fingerprint density at radius 1 is 1.04 bits per heavy atom. The number of rotatable bonds is 7. The number of benzene rings is 2. The van der Waals surface area contributed by atoms with Crippen molar-refractivity contribution in [3.8, 4) is 5.75 Å². The first-order chi connectivity index (χ1) is 11.6. The molecule has 0 spiro atoms. The number of anilines is 1. The van der Waals surface area contributed by atoms with Crippen molar-refractivity contribution >= 4 is 23.0 Å². The molecule has 0 aliphatic rings. The zero-order chi connectivity index (χ0) is 17.4. The summed E-state index contributed by atoms with van der Waals surface area (Å²) in [6, 6.07) is 16.6. The highest BCUT2D eigenvalue weighted by Crippen LogP contribution is 2.15. The summed E-state index contributed by atoms with van der Waals surface area (Å²) in [4.78, 5) is 2.03. The second kappa shape index (κ2) is 9.28. The van der Waals surface area contributed by atoms with Gasteiger partial charge in [0.15, 0.2) is 5.11 Å². The molecule has 4 heteroatoms. The van der Waals surface area contributed by atoms with E-state index in [2.05, 4.69) is 48.6 Å². The lowest BCUT2D eigenvalue weighted by Crippen LogP contribution is -2.30. The third kappa shape index (κ3) is 5.53. The fourth-order valence-electron chi connectivity index (χ4n) is 2.43. The minimum atomic E-state index is 0.715. The highest BCUT2D eigenvalue weighted by molar-refractivity contribution is 7.80. The zero-order valence-corrected chi connectivity index (χ0v) is 15.5. The lowest BCUT2D eigenvalue weighted by Gasteiger charge is -2.21. The average Bonchev–Trinajstić information content (AvgIpc) is 2.61. The first-order valence-electron chi connectivity index (χ1n) is 8.36. The molecule has 0 aromatic heterocycles. The van der Waals surface area contributed by atoms with Crippen LogP contribution in [0, 0.1) is 0 Å². The molecule has 2 aromatic rings. The van der Waals surface area contributed by atoms with Crippen molar-refractivity contribution in [1.29, 1.82) is 0 Å². The zero-order valence-electron chi connectivity index (χ0n) is 14.7. The van der Waals surface area contributed by atoms with Crippen LogP contribution in [0.25, 0.3) is 0 Å². The summed E-state index contributed by atoms with van der Waals surface area (Å²) in [6.45, 7) is 2.97. The number of aryl methyl sites for hydroxylation is 1. The fraction of sp³-hybridized carbons (Fsp3) is 0.350. The van der Waals surface area contributed by atoms with E-state index < -0.39 is 0 Å². The maximum Gasteiger partial charge on any atom is 0.173 e. The van der Waals surface area contributed by atoms with Crippen LogP contribution in [0.1, 0.15) is 30.9 Å². The molecule has 0 saturated carbocycles. The van der Waals surface area contributed by atoms with Gasteiger partial charge in [-0.1, -0.05) is 37.6 Å². The highest BCUT2D eigenvalue weighted by Gasteiger charge is 2.06. The van der Waals surface area contributed by atoms with E-state index >= 15 is 0 Å². The number of unbranched alkanes of at least 4 members (excludes halogenated alkanes) is 1. The van der Waals surface area contributed by atoms with Crippen molar-refractivity contribution in [3.63, 3.8) is 0 Å². The van der Waals surface area contributed by atoms with Gasteiger partial charge in [0.1, 0.15) is 5.75 Å². The van der Waals surface area contributed by atoms with Gasteiger partial charge >= 0.3 is 0 Å². The Balaban J connectivity index is 1.88. The predicted molar refractivity (Wildman–Crippen MR) is 106 cm³/mol. The van der Waals surface area contributed by atoms with Crippen LogP contribution in [0.5, 0.6) is 5.75 Å². The van der Waals surface area contributed by atoms with Crippen molar-refractivity contribution in [2.75, 3.05) is 19.5 Å². The molecule has 0 saturated heterocycles. The maximum absolute atomic E-state index is 5.50. The van der Waals surface area contributed by atoms with Crippen molar-refractivity contribution < 1.29 is 4.74 Å². The molecule has 128 valence electrons. The summed E-state index contributed by atoms with van der Waals surface area (Å²) in [5, 5.41) is 4.02. The largest absolute Gasteiger partial charge is 0.497 e. The van der Waals surface area contributed by atoms with Crippen LogP contribution in [0.2, 0.25) is 0 Å². The van der Waals surface area contributed by atoms with Gasteiger partial charge in [0.2, 0.25) is 0 Å². The third-order valence-electron chi connectivity index (χ3n) is 3.95. The summed E-state index contributed by atoms with van der Waals surface area (Å²) < 4.78 is 5.18. The summed E-state index contributed by atoms with van der Waals surface area (Å²) in [5.74, 6) is 0.866. The van der Waals surface area contributed by atoms with Gasteiger partial charge in [-0.3, -0.25) is 0 Å². The van der Waals surface area contributed by atoms with E-state index in [9.17, 15) is 0 Å². The summed E-state index contributed by atoms with van der Waals surface area (Å²) in [7, 11) is 3.67. The van der Waals surface area contributed by atoms with E-state index in [0.29, 0.717) is 5.11 Å². The monoisotopic (exact) mass is 342 g/mol. The number of hydrogen-bond donors (Lipinski definition) is 1. The molecule has 0 heterocycles. The average molecular weight is 343 g/mol. The van der Waals surface area contributed by atoms with Gasteiger partial charge in [-0.15, -0.1) is 0 Å². The van der Waals surface area contributed by atoms with E-state index in [0.717, 1.165) is 24.4 Å². The van der Waals surface area contributed by atoms with Crippen molar-refractivity contribution in [1.82, 2.24) is 4.90 Å². The van der Waals surface area contributed by atoms with Crippen LogP contribution in [0.15, 0.2) is 48.5 Å². The molecule has 1 N–H and O–H groups in total. The third-order valence-corrected chi connectivity index (χ3v) is 4.36. The Hall–Kier alpha value is -2.07. The summed E-state index contributed by atoms with van der Waals surface area (Å²) >= 11 is 5.50. The van der Waals surface area contributed by atoms with Gasteiger partial charge < -0.3 is 15.0 Å². The minimum Gasteiger partial charge on any atom is -0.497 e. The van der Waals surface area contributed by atoms with E-state index in [1.54, 1.807) is 7.11 Å². The smallest absolute Gasteiger partial charge is 0.173 e. The van der Waals surface area contributed by atoms with Crippen molar-refractivity contribution in [3.05, 3.63) is 59.7 Å². The Morgan fingerprint density at radius 2 is 1.67 bits per heavy atom. The van der Waals surface area contributed by atoms with E-state index in [1.165, 1.54) is 24.0 Å². The number of ether oxygens (including phenoxy) is 1. The van der Waals surface area contributed by atoms with Crippen LogP contribution >= 0.6 is 12.2 Å². The van der Waals surface area contributed by atoms with E-state index in [1.807, 2.05) is 24.1 Å². The lowest BCUT2D eigenvalue weighted by atomic mass is 10.1. The van der Waals surface area contributed by atoms with E-state index in [-0.39, 0.29) is 0 Å². The van der Waals surface area contributed by atoms with E-state index in [4.69, 9.17) is 17.0 Å². The van der Waals surface area contributed by atoms with Crippen molar-refractivity contribution in [2.45, 2.75) is 32.7 Å². The first-order valence-corrected chi connectivity index (χ1v) is 8.77. The number of nitrogens with zero attached hydrogens (tertiary/aromatic N) is 1. The molecule has 0 aliphatic heterocycles. The molecule has 0 fully saturated rings. The van der Waals surface area contributed by atoms with Crippen LogP contribution in [-0.2, 0) is 13.0 Å². The molecular weight excluding hydrogens is 316 g/mol. The lowest BCUT2D eigenvalue weighted by molar-refractivity contribution is 0.414. The number of thiocarbonyl (C=S) groups is 1. The maximum atomic E-state index is 5.50. The van der Waals surface area contributed by atoms with Crippen LogP contribution in [-0.4, -0.2) is 24.2 Å². The summed E-state index contributed by atoms with van der Waals surface area (Å²) in [6.07, 6.45) is 3.59. The molecule has 0 radical (unpaired) electrons. The second-order valence-corrected chi connectivity index (χ2v) is 6.32. The molecule has 0 unspecified atom stereocenters. The number of methoxy groups -OCH3 is 1. The highest BCUT2D eigenvalue weighted by atomic mass is 32.1. The van der Waals surface area contributed by atoms with Gasteiger partial charge in [0.05, 0.1) is 7.11 Å². The van der Waals surface area contributed by atoms with Crippen LogP contribution in [0.4, 0.5) is 5.69 Å². The molecule has 3 nitrogen and oxygen atoms in total. The first kappa shape index (κ1) is 18.3. The fourth-order valence-corrected chi connectivity index (χ4v) is 2.61. The molecular formula is C20H26N2OS. The minimum absolute atomic E-state index is 0.715. The quantitative estimate of drug-likeness (QED) is 0.726. The number of nitrogens with one attached hydrogen (secondary N) is 1. The Bertz CT molecular complexity index is 638. The molecule has 0 amide bonds. The van der Waals surface area contributed by atoms with Crippen molar-refractivity contribution in [2.24, 2.45) is 0 Å². The van der Waals surface area contributed by atoms with Gasteiger partial charge in [-0.2, -0.15) is 0 Å². The SMILES string of the molecule is CCCCc1ccc(NC(=S)N(C)Cc2ccc(OC)cc2)cc1. The molecule has 0 aliphatic carbocycles. The van der Waals surface area contributed by atoms with Crippen LogP contribution < -0.4 is 10.1 Å². The van der Waals surface area contributed by atoms with Crippen LogP contribution in [0.3, 0.4) is 0 Å². The predicted octanol–water partition coefficient (Wildman–Crippen LogP) is 4.87. The molecule has 2 aromatic carbocycles. The molecule has 0 atom stereocenters. The molecule has 0 bridgehead atoms. The van der Waals surface area contributed by atoms with Gasteiger partial charge in [-0.25, -0.2) is 0 Å². The molecule has 2 rings (SSSR count). The van der Waals surface area contributed by atoms with Gasteiger partial charge in [0.25, 0.3) is 0 Å². The second-order valence-electron chi connectivity index (χ2n) is 5.93. The van der Waals surface area contributed by atoms with Gasteiger partial charge in [-0.05, 0) is 60.5 Å².